The van der Waals surface area contributed by atoms with Crippen LogP contribution in [0, 0.1) is 0 Å². The Hall–Kier alpha value is -2.40. The Bertz CT molecular complexity index is 845. The first kappa shape index (κ1) is 12.6. The largest absolute Gasteiger partial charge is 0.350 e. The van der Waals surface area contributed by atoms with E-state index in [2.05, 4.69) is 21.8 Å². The number of fused-ring (bicyclic) bond motifs is 1. The van der Waals surface area contributed by atoms with Gasteiger partial charge in [-0.1, -0.05) is 18.2 Å². The maximum absolute atomic E-state index is 11.7. The SMILES string of the molecule is Cn1nc(-c2cn(C)c3ccccc23)c(CN)cc1=O. The minimum absolute atomic E-state index is 0.144. The zero-order valence-corrected chi connectivity index (χ0v) is 11.5. The molecule has 5 nitrogen and oxygen atoms in total. The lowest BCUT2D eigenvalue weighted by molar-refractivity contribution is 0.704. The summed E-state index contributed by atoms with van der Waals surface area (Å²) in [5, 5.41) is 5.50. The molecule has 0 saturated carbocycles. The van der Waals surface area contributed by atoms with E-state index in [9.17, 15) is 4.79 Å². The fourth-order valence-corrected chi connectivity index (χ4v) is 2.49. The zero-order valence-electron chi connectivity index (χ0n) is 11.5. The maximum Gasteiger partial charge on any atom is 0.266 e. The third kappa shape index (κ3) is 1.83. The van der Waals surface area contributed by atoms with Gasteiger partial charge in [0.15, 0.2) is 0 Å². The van der Waals surface area contributed by atoms with Gasteiger partial charge in [-0.3, -0.25) is 4.79 Å². The zero-order chi connectivity index (χ0) is 14.3. The summed E-state index contributed by atoms with van der Waals surface area (Å²) in [5.41, 5.74) is 9.28. The van der Waals surface area contributed by atoms with E-state index in [1.54, 1.807) is 13.1 Å². The van der Waals surface area contributed by atoms with Crippen LogP contribution >= 0.6 is 0 Å². The van der Waals surface area contributed by atoms with E-state index in [4.69, 9.17) is 5.73 Å². The highest BCUT2D eigenvalue weighted by atomic mass is 16.1. The molecule has 0 aliphatic rings. The molecule has 0 radical (unpaired) electrons. The van der Waals surface area contributed by atoms with Crippen LogP contribution in [0.1, 0.15) is 5.56 Å². The van der Waals surface area contributed by atoms with Gasteiger partial charge in [0.1, 0.15) is 0 Å². The second-order valence-electron chi connectivity index (χ2n) is 4.85. The van der Waals surface area contributed by atoms with Crippen molar-refractivity contribution in [2.24, 2.45) is 19.8 Å². The summed E-state index contributed by atoms with van der Waals surface area (Å²) < 4.78 is 3.40. The van der Waals surface area contributed by atoms with Gasteiger partial charge in [0.25, 0.3) is 5.56 Å². The van der Waals surface area contributed by atoms with E-state index < -0.39 is 0 Å². The predicted octanol–water partition coefficient (Wildman–Crippen LogP) is 1.40. The third-order valence-electron chi connectivity index (χ3n) is 3.54. The Morgan fingerprint density at radius 2 is 2.00 bits per heavy atom. The molecule has 20 heavy (non-hydrogen) atoms. The molecular formula is C15H16N4O. The van der Waals surface area contributed by atoms with Crippen LogP contribution in [0.15, 0.2) is 41.3 Å². The maximum atomic E-state index is 11.7. The van der Waals surface area contributed by atoms with Crippen molar-refractivity contribution in [3.63, 3.8) is 0 Å². The molecule has 1 aromatic carbocycles. The van der Waals surface area contributed by atoms with E-state index in [-0.39, 0.29) is 5.56 Å². The first-order valence-electron chi connectivity index (χ1n) is 6.43. The number of hydrogen-bond acceptors (Lipinski definition) is 3. The molecule has 2 aromatic heterocycles. The van der Waals surface area contributed by atoms with Crippen LogP contribution in [0.4, 0.5) is 0 Å². The molecule has 0 saturated heterocycles. The smallest absolute Gasteiger partial charge is 0.266 e. The molecule has 0 unspecified atom stereocenters. The topological polar surface area (TPSA) is 65.8 Å². The summed E-state index contributed by atoms with van der Waals surface area (Å²) in [6.07, 6.45) is 2.02. The van der Waals surface area contributed by atoms with Crippen molar-refractivity contribution in [1.29, 1.82) is 0 Å². The molecule has 102 valence electrons. The minimum atomic E-state index is -0.144. The highest BCUT2D eigenvalue weighted by Gasteiger charge is 2.14. The standard InChI is InChI=1S/C15H16N4O/c1-18-9-12(11-5-3-4-6-13(11)18)15-10(8-16)7-14(20)19(2)17-15/h3-7,9H,8,16H2,1-2H3. The van der Waals surface area contributed by atoms with Crippen LogP contribution in [-0.2, 0) is 20.6 Å². The Balaban J connectivity index is 2.36. The predicted molar refractivity (Wildman–Crippen MR) is 79.3 cm³/mol. The fourth-order valence-electron chi connectivity index (χ4n) is 2.49. The first-order valence-corrected chi connectivity index (χ1v) is 6.43. The van der Waals surface area contributed by atoms with Crippen molar-refractivity contribution >= 4 is 10.9 Å². The lowest BCUT2D eigenvalue weighted by Gasteiger charge is -2.07. The molecular weight excluding hydrogens is 252 g/mol. The number of aryl methyl sites for hydroxylation is 2. The number of benzene rings is 1. The molecule has 0 aliphatic heterocycles. The normalized spacial score (nSPS) is 11.2. The quantitative estimate of drug-likeness (QED) is 0.764. The van der Waals surface area contributed by atoms with Crippen molar-refractivity contribution in [3.8, 4) is 11.3 Å². The summed E-state index contributed by atoms with van der Waals surface area (Å²) in [6.45, 7) is 0.293. The van der Waals surface area contributed by atoms with Gasteiger partial charge in [-0.25, -0.2) is 4.68 Å². The van der Waals surface area contributed by atoms with Gasteiger partial charge in [-0.2, -0.15) is 5.10 Å². The molecule has 0 fully saturated rings. The van der Waals surface area contributed by atoms with E-state index >= 15 is 0 Å². The molecule has 3 rings (SSSR count). The van der Waals surface area contributed by atoms with Crippen LogP contribution in [0.2, 0.25) is 0 Å². The van der Waals surface area contributed by atoms with E-state index in [1.807, 2.05) is 25.4 Å². The van der Waals surface area contributed by atoms with Crippen molar-refractivity contribution in [3.05, 3.63) is 52.4 Å². The monoisotopic (exact) mass is 268 g/mol. The number of rotatable bonds is 2. The average molecular weight is 268 g/mol. The van der Waals surface area contributed by atoms with Crippen LogP contribution in [-0.4, -0.2) is 14.3 Å². The molecule has 0 aliphatic carbocycles. The molecule has 3 aromatic rings. The summed E-state index contributed by atoms with van der Waals surface area (Å²) >= 11 is 0. The van der Waals surface area contributed by atoms with Crippen LogP contribution < -0.4 is 11.3 Å². The van der Waals surface area contributed by atoms with Gasteiger partial charge in [0.05, 0.1) is 5.69 Å². The lowest BCUT2D eigenvalue weighted by atomic mass is 10.1. The Morgan fingerprint density at radius 1 is 1.25 bits per heavy atom. The summed E-state index contributed by atoms with van der Waals surface area (Å²) in [5.74, 6) is 0. The molecule has 2 heterocycles. The summed E-state index contributed by atoms with van der Waals surface area (Å²) in [6, 6.07) is 9.67. The second kappa shape index (κ2) is 4.61. The van der Waals surface area contributed by atoms with Gasteiger partial charge >= 0.3 is 0 Å². The number of para-hydroxylation sites is 1. The highest BCUT2D eigenvalue weighted by Crippen LogP contribution is 2.30. The minimum Gasteiger partial charge on any atom is -0.350 e. The average Bonchev–Trinajstić information content (AvgIpc) is 2.79. The van der Waals surface area contributed by atoms with E-state index in [0.717, 1.165) is 27.7 Å². The Morgan fingerprint density at radius 3 is 2.75 bits per heavy atom. The van der Waals surface area contributed by atoms with E-state index in [1.165, 1.54) is 4.68 Å². The van der Waals surface area contributed by atoms with Gasteiger partial charge in [0.2, 0.25) is 0 Å². The van der Waals surface area contributed by atoms with Crippen LogP contribution in [0.5, 0.6) is 0 Å². The van der Waals surface area contributed by atoms with Gasteiger partial charge in [-0.05, 0) is 11.6 Å². The third-order valence-corrected chi connectivity index (χ3v) is 3.54. The molecule has 5 heteroatoms. The molecule has 2 N–H and O–H groups in total. The van der Waals surface area contributed by atoms with Crippen molar-refractivity contribution in [2.75, 3.05) is 0 Å². The van der Waals surface area contributed by atoms with Crippen LogP contribution in [0.25, 0.3) is 22.2 Å². The summed E-state index contributed by atoms with van der Waals surface area (Å²) in [7, 11) is 3.65. The number of hydrogen-bond donors (Lipinski definition) is 1. The molecule has 0 amide bonds. The summed E-state index contributed by atoms with van der Waals surface area (Å²) in [4.78, 5) is 11.7. The fraction of sp³-hybridized carbons (Fsp3) is 0.200. The Labute approximate surface area is 116 Å². The van der Waals surface area contributed by atoms with Gasteiger partial charge in [0, 0.05) is 49.4 Å². The number of nitrogens with two attached hydrogens (primary N) is 1. The molecule has 0 atom stereocenters. The Kier molecular flexibility index (Phi) is 2.91. The van der Waals surface area contributed by atoms with E-state index in [0.29, 0.717) is 6.54 Å². The molecule has 0 bridgehead atoms. The highest BCUT2D eigenvalue weighted by molar-refractivity contribution is 5.95. The molecule has 0 spiro atoms. The van der Waals surface area contributed by atoms with Gasteiger partial charge < -0.3 is 10.3 Å². The second-order valence-corrected chi connectivity index (χ2v) is 4.85. The van der Waals surface area contributed by atoms with Crippen molar-refractivity contribution < 1.29 is 0 Å². The van der Waals surface area contributed by atoms with Crippen LogP contribution in [0.3, 0.4) is 0 Å². The number of aromatic nitrogens is 3. The number of nitrogens with zero attached hydrogens (tertiary/aromatic N) is 3. The van der Waals surface area contributed by atoms with Crippen molar-refractivity contribution in [2.45, 2.75) is 6.54 Å². The van der Waals surface area contributed by atoms with Crippen molar-refractivity contribution in [1.82, 2.24) is 14.3 Å². The first-order chi connectivity index (χ1) is 9.61. The van der Waals surface area contributed by atoms with Gasteiger partial charge in [-0.15, -0.1) is 0 Å². The lowest BCUT2D eigenvalue weighted by Crippen LogP contribution is -2.21.